The Morgan fingerprint density at radius 2 is 2.14 bits per heavy atom. The number of anilines is 1. The monoisotopic (exact) mass is 309 g/mol. The van der Waals surface area contributed by atoms with E-state index in [0.29, 0.717) is 11.8 Å². The van der Waals surface area contributed by atoms with Gasteiger partial charge < -0.3 is 10.6 Å². The van der Waals surface area contributed by atoms with E-state index in [4.69, 9.17) is 17.3 Å². The van der Waals surface area contributed by atoms with E-state index in [1.165, 1.54) is 12.8 Å². The third-order valence-electron chi connectivity index (χ3n) is 4.96. The van der Waals surface area contributed by atoms with Gasteiger partial charge in [0.1, 0.15) is 5.02 Å². The van der Waals surface area contributed by atoms with Gasteiger partial charge in [-0.2, -0.15) is 0 Å². The van der Waals surface area contributed by atoms with Gasteiger partial charge in [0.2, 0.25) is 0 Å². The number of aryl methyl sites for hydroxylation is 1. The Labute approximate surface area is 129 Å². The largest absolute Gasteiger partial charge is 0.371 e. The highest BCUT2D eigenvalue weighted by molar-refractivity contribution is 6.33. The van der Waals surface area contributed by atoms with Crippen molar-refractivity contribution in [1.29, 1.82) is 0 Å². The van der Waals surface area contributed by atoms with E-state index in [0.717, 1.165) is 30.8 Å². The molecule has 3 atom stereocenters. The number of nitro benzene ring substituents is 1. The zero-order valence-corrected chi connectivity index (χ0v) is 12.8. The van der Waals surface area contributed by atoms with Crippen LogP contribution in [-0.2, 0) is 0 Å². The van der Waals surface area contributed by atoms with Crippen molar-refractivity contribution in [2.24, 2.45) is 17.6 Å². The number of nitrogens with zero attached hydrogens (tertiary/aromatic N) is 2. The summed E-state index contributed by atoms with van der Waals surface area (Å²) in [6, 6.07) is 3.58. The molecule has 1 aromatic carbocycles. The number of fused-ring (bicyclic) bond motifs is 1. The molecule has 0 aromatic heterocycles. The second kappa shape index (κ2) is 5.46. The van der Waals surface area contributed by atoms with E-state index in [-0.39, 0.29) is 16.8 Å². The van der Waals surface area contributed by atoms with Gasteiger partial charge in [-0.1, -0.05) is 18.0 Å². The van der Waals surface area contributed by atoms with Crippen molar-refractivity contribution in [1.82, 2.24) is 0 Å². The summed E-state index contributed by atoms with van der Waals surface area (Å²) in [5.41, 5.74) is 8.14. The van der Waals surface area contributed by atoms with E-state index in [2.05, 4.69) is 4.90 Å². The fourth-order valence-electron chi connectivity index (χ4n) is 3.85. The molecule has 0 spiro atoms. The van der Waals surface area contributed by atoms with Crippen molar-refractivity contribution < 1.29 is 4.92 Å². The smallest absolute Gasteiger partial charge is 0.288 e. The number of nitro groups is 1. The summed E-state index contributed by atoms with van der Waals surface area (Å²) < 4.78 is 0. The van der Waals surface area contributed by atoms with Crippen LogP contribution in [-0.4, -0.2) is 24.1 Å². The second-order valence-electron chi connectivity index (χ2n) is 6.27. The molecule has 21 heavy (non-hydrogen) atoms. The third kappa shape index (κ3) is 2.60. The maximum Gasteiger partial charge on any atom is 0.288 e. The Hall–Kier alpha value is -1.33. The van der Waals surface area contributed by atoms with Crippen molar-refractivity contribution in [3.63, 3.8) is 0 Å². The number of hydrogen-bond donors (Lipinski definition) is 1. The first-order chi connectivity index (χ1) is 9.97. The van der Waals surface area contributed by atoms with E-state index >= 15 is 0 Å². The molecule has 6 heteroatoms. The van der Waals surface area contributed by atoms with E-state index in [1.54, 1.807) is 12.1 Å². The van der Waals surface area contributed by atoms with E-state index in [9.17, 15) is 10.1 Å². The molecule has 0 bridgehead atoms. The lowest BCUT2D eigenvalue weighted by Gasteiger charge is -2.29. The molecule has 114 valence electrons. The Morgan fingerprint density at radius 1 is 1.38 bits per heavy atom. The maximum atomic E-state index is 10.9. The predicted octanol–water partition coefficient (Wildman–Crippen LogP) is 3.12. The molecule has 0 amide bonds. The molecular weight excluding hydrogens is 290 g/mol. The average Bonchev–Trinajstić information content (AvgIpc) is 2.86. The maximum absolute atomic E-state index is 10.9. The van der Waals surface area contributed by atoms with Crippen molar-refractivity contribution in [3.05, 3.63) is 32.8 Å². The standard InChI is InChI=1S/C15H20ClN3O2/c1-9-5-15(19(20)21)12(16)6-14(9)18-7-10-3-2-4-13(17)11(10)8-18/h5-6,10-11,13H,2-4,7-8,17H2,1H3. The Kier molecular flexibility index (Phi) is 3.80. The minimum Gasteiger partial charge on any atom is -0.371 e. The molecule has 2 N–H and O–H groups in total. The molecule has 2 fully saturated rings. The Balaban J connectivity index is 1.88. The average molecular weight is 310 g/mol. The van der Waals surface area contributed by atoms with Crippen molar-refractivity contribution in [2.45, 2.75) is 32.2 Å². The fourth-order valence-corrected chi connectivity index (χ4v) is 4.08. The molecule has 3 unspecified atom stereocenters. The first-order valence-electron chi connectivity index (χ1n) is 7.42. The van der Waals surface area contributed by atoms with Crippen molar-refractivity contribution >= 4 is 23.0 Å². The molecule has 0 radical (unpaired) electrons. The molecule has 3 rings (SSSR count). The second-order valence-corrected chi connectivity index (χ2v) is 6.68. The van der Waals surface area contributed by atoms with Gasteiger partial charge >= 0.3 is 0 Å². The van der Waals surface area contributed by atoms with E-state index < -0.39 is 4.92 Å². The van der Waals surface area contributed by atoms with Gasteiger partial charge in [-0.15, -0.1) is 0 Å². The number of rotatable bonds is 2. The molecule has 1 aromatic rings. The quantitative estimate of drug-likeness (QED) is 0.673. The zero-order valence-electron chi connectivity index (χ0n) is 12.1. The van der Waals surface area contributed by atoms with Gasteiger partial charge in [0.25, 0.3) is 5.69 Å². The number of benzene rings is 1. The highest BCUT2D eigenvalue weighted by atomic mass is 35.5. The predicted molar refractivity (Wildman–Crippen MR) is 83.9 cm³/mol. The van der Waals surface area contributed by atoms with Crippen LogP contribution in [0.25, 0.3) is 0 Å². The highest BCUT2D eigenvalue weighted by Gasteiger charge is 2.39. The van der Waals surface area contributed by atoms with Gasteiger partial charge in [0.05, 0.1) is 4.92 Å². The molecular formula is C15H20ClN3O2. The lowest BCUT2D eigenvalue weighted by Crippen LogP contribution is -2.38. The van der Waals surface area contributed by atoms with Gasteiger partial charge in [0, 0.05) is 30.9 Å². The van der Waals surface area contributed by atoms with Crippen LogP contribution in [0.2, 0.25) is 5.02 Å². The SMILES string of the molecule is Cc1cc([N+](=O)[O-])c(Cl)cc1N1CC2CCCC(N)C2C1. The molecule has 1 saturated carbocycles. The van der Waals surface area contributed by atoms with E-state index in [1.807, 2.05) is 6.92 Å². The van der Waals surface area contributed by atoms with Crippen LogP contribution in [0.3, 0.4) is 0 Å². The summed E-state index contributed by atoms with van der Waals surface area (Å²) in [4.78, 5) is 12.8. The third-order valence-corrected chi connectivity index (χ3v) is 5.26. The zero-order chi connectivity index (χ0) is 15.1. The van der Waals surface area contributed by atoms with Crippen LogP contribution in [0.4, 0.5) is 11.4 Å². The Morgan fingerprint density at radius 3 is 2.81 bits per heavy atom. The van der Waals surface area contributed by atoms with Crippen LogP contribution in [0, 0.1) is 28.9 Å². The van der Waals surface area contributed by atoms with Crippen LogP contribution in [0.15, 0.2) is 12.1 Å². The topological polar surface area (TPSA) is 72.4 Å². The summed E-state index contributed by atoms with van der Waals surface area (Å²) in [6.45, 7) is 3.81. The minimum atomic E-state index is -0.432. The van der Waals surface area contributed by atoms with Crippen molar-refractivity contribution in [3.8, 4) is 0 Å². The molecule has 1 heterocycles. The highest BCUT2D eigenvalue weighted by Crippen LogP contribution is 2.40. The van der Waals surface area contributed by atoms with Crippen molar-refractivity contribution in [2.75, 3.05) is 18.0 Å². The van der Waals surface area contributed by atoms with Gasteiger partial charge in [-0.25, -0.2) is 0 Å². The number of hydrogen-bond acceptors (Lipinski definition) is 4. The minimum absolute atomic E-state index is 0.0220. The summed E-state index contributed by atoms with van der Waals surface area (Å²) in [6.07, 6.45) is 3.54. The van der Waals surface area contributed by atoms with Crippen LogP contribution in [0.5, 0.6) is 0 Å². The fraction of sp³-hybridized carbons (Fsp3) is 0.600. The number of halogens is 1. The van der Waals surface area contributed by atoms with Gasteiger partial charge in [-0.3, -0.25) is 10.1 Å². The van der Waals surface area contributed by atoms with Gasteiger partial charge in [-0.05, 0) is 43.2 Å². The molecule has 2 aliphatic rings. The summed E-state index contributed by atoms with van der Waals surface area (Å²) in [5.74, 6) is 1.18. The lowest BCUT2D eigenvalue weighted by atomic mass is 9.78. The first-order valence-corrected chi connectivity index (χ1v) is 7.80. The summed E-state index contributed by atoms with van der Waals surface area (Å²) in [5, 5.41) is 11.2. The lowest BCUT2D eigenvalue weighted by molar-refractivity contribution is -0.384. The van der Waals surface area contributed by atoms with Crippen LogP contribution >= 0.6 is 11.6 Å². The molecule has 1 saturated heterocycles. The molecule has 1 aliphatic heterocycles. The normalized spacial score (nSPS) is 28.5. The Bertz CT molecular complexity index is 578. The molecule has 1 aliphatic carbocycles. The first kappa shape index (κ1) is 14.6. The summed E-state index contributed by atoms with van der Waals surface area (Å²) >= 11 is 6.06. The van der Waals surface area contributed by atoms with Crippen LogP contribution < -0.4 is 10.6 Å². The summed E-state index contributed by atoms with van der Waals surface area (Å²) in [7, 11) is 0. The number of nitrogens with two attached hydrogens (primary N) is 1. The molecule has 5 nitrogen and oxygen atoms in total. The van der Waals surface area contributed by atoms with Gasteiger partial charge in [0.15, 0.2) is 0 Å². The van der Waals surface area contributed by atoms with Crippen LogP contribution in [0.1, 0.15) is 24.8 Å².